The number of anilines is 1. The van der Waals surface area contributed by atoms with Crippen molar-refractivity contribution in [2.75, 3.05) is 5.43 Å². The predicted molar refractivity (Wildman–Crippen MR) is 64.7 cm³/mol. The summed E-state index contributed by atoms with van der Waals surface area (Å²) >= 11 is 0. The molecule has 0 saturated heterocycles. The van der Waals surface area contributed by atoms with Crippen LogP contribution in [0.4, 0.5) is 5.82 Å². The van der Waals surface area contributed by atoms with Gasteiger partial charge in [-0.05, 0) is 18.1 Å². The molecule has 0 unspecified atom stereocenters. The molecule has 1 aromatic carbocycles. The number of hydrazine groups is 1. The summed E-state index contributed by atoms with van der Waals surface area (Å²) in [7, 11) is 0. The zero-order valence-corrected chi connectivity index (χ0v) is 9.14. The molecule has 82 valence electrons. The summed E-state index contributed by atoms with van der Waals surface area (Å²) < 4.78 is 0. The van der Waals surface area contributed by atoms with Crippen LogP contribution in [0.2, 0.25) is 0 Å². The van der Waals surface area contributed by atoms with Gasteiger partial charge in [-0.3, -0.25) is 0 Å². The molecule has 0 aliphatic heterocycles. The Bertz CT molecular complexity index is 468. The van der Waals surface area contributed by atoms with E-state index in [0.29, 0.717) is 5.82 Å². The molecule has 0 fully saturated rings. The van der Waals surface area contributed by atoms with E-state index in [-0.39, 0.29) is 0 Å². The maximum Gasteiger partial charge on any atom is 0.165 e. The van der Waals surface area contributed by atoms with E-state index in [4.69, 9.17) is 5.84 Å². The minimum Gasteiger partial charge on any atom is -0.307 e. The lowest BCUT2D eigenvalue weighted by Crippen LogP contribution is -2.12. The van der Waals surface area contributed by atoms with Gasteiger partial charge in [0.15, 0.2) is 5.82 Å². The van der Waals surface area contributed by atoms with Gasteiger partial charge in [-0.15, -0.1) is 10.2 Å². The molecule has 0 spiro atoms. The van der Waals surface area contributed by atoms with Crippen molar-refractivity contribution >= 4 is 5.82 Å². The van der Waals surface area contributed by atoms with Crippen LogP contribution in [-0.4, -0.2) is 10.2 Å². The smallest absolute Gasteiger partial charge is 0.165 e. The van der Waals surface area contributed by atoms with Gasteiger partial charge in [-0.25, -0.2) is 5.84 Å². The Kier molecular flexibility index (Phi) is 3.12. The first-order valence-corrected chi connectivity index (χ1v) is 5.23. The molecule has 1 aromatic heterocycles. The summed E-state index contributed by atoms with van der Waals surface area (Å²) in [5, 5.41) is 8.19. The van der Waals surface area contributed by atoms with Gasteiger partial charge < -0.3 is 5.43 Å². The van der Waals surface area contributed by atoms with Crippen molar-refractivity contribution in [2.24, 2.45) is 5.84 Å². The third-order valence-corrected chi connectivity index (χ3v) is 2.46. The molecular formula is C12H14N4. The monoisotopic (exact) mass is 214 g/mol. The molecule has 3 N–H and O–H groups in total. The zero-order chi connectivity index (χ0) is 11.4. The quantitative estimate of drug-likeness (QED) is 0.606. The van der Waals surface area contributed by atoms with Gasteiger partial charge >= 0.3 is 0 Å². The van der Waals surface area contributed by atoms with Crippen molar-refractivity contribution < 1.29 is 0 Å². The fraction of sp³-hybridized carbons (Fsp3) is 0.167. The van der Waals surface area contributed by atoms with Crippen LogP contribution in [0.3, 0.4) is 0 Å². The Morgan fingerprint density at radius 3 is 2.56 bits per heavy atom. The van der Waals surface area contributed by atoms with Gasteiger partial charge in [0.05, 0.1) is 5.69 Å². The summed E-state index contributed by atoms with van der Waals surface area (Å²) in [5.41, 5.74) is 5.55. The Morgan fingerprint density at radius 1 is 1.19 bits per heavy atom. The number of hydrogen-bond acceptors (Lipinski definition) is 4. The van der Waals surface area contributed by atoms with Crippen molar-refractivity contribution in [3.63, 3.8) is 0 Å². The molecule has 0 aliphatic carbocycles. The molecule has 0 amide bonds. The lowest BCUT2D eigenvalue weighted by molar-refractivity contribution is 0.981. The summed E-state index contributed by atoms with van der Waals surface area (Å²) in [6.07, 6.45) is 0.870. The van der Waals surface area contributed by atoms with E-state index in [2.05, 4.69) is 22.5 Å². The Balaban J connectivity index is 2.44. The maximum atomic E-state index is 5.36. The number of nitrogen functional groups attached to an aromatic ring is 1. The van der Waals surface area contributed by atoms with Crippen LogP contribution in [0.5, 0.6) is 0 Å². The average molecular weight is 214 g/mol. The molecule has 0 saturated carbocycles. The van der Waals surface area contributed by atoms with E-state index < -0.39 is 0 Å². The summed E-state index contributed by atoms with van der Waals surface area (Å²) in [4.78, 5) is 0. The van der Waals surface area contributed by atoms with Crippen molar-refractivity contribution in [1.82, 2.24) is 10.2 Å². The van der Waals surface area contributed by atoms with Gasteiger partial charge in [0.2, 0.25) is 0 Å². The third-order valence-electron chi connectivity index (χ3n) is 2.46. The van der Waals surface area contributed by atoms with E-state index in [1.165, 1.54) is 0 Å². The second kappa shape index (κ2) is 4.72. The number of benzene rings is 1. The molecule has 2 rings (SSSR count). The highest BCUT2D eigenvalue weighted by atomic mass is 15.3. The van der Waals surface area contributed by atoms with Gasteiger partial charge in [0, 0.05) is 5.56 Å². The second-order valence-electron chi connectivity index (χ2n) is 3.47. The molecular weight excluding hydrogens is 200 g/mol. The number of nitrogens with two attached hydrogens (primary N) is 1. The van der Waals surface area contributed by atoms with Gasteiger partial charge in [-0.1, -0.05) is 37.3 Å². The summed E-state index contributed by atoms with van der Waals surface area (Å²) in [6, 6.07) is 12.0. The highest BCUT2D eigenvalue weighted by molar-refractivity contribution is 5.61. The number of nitrogens with one attached hydrogen (secondary N) is 1. The Morgan fingerprint density at radius 2 is 1.94 bits per heavy atom. The molecule has 1 heterocycles. The zero-order valence-electron chi connectivity index (χ0n) is 9.14. The van der Waals surface area contributed by atoms with Crippen LogP contribution in [-0.2, 0) is 6.42 Å². The highest BCUT2D eigenvalue weighted by Gasteiger charge is 2.05. The van der Waals surface area contributed by atoms with Crippen LogP contribution >= 0.6 is 0 Å². The minimum atomic E-state index is 0.641. The molecule has 4 nitrogen and oxygen atoms in total. The number of rotatable bonds is 3. The van der Waals surface area contributed by atoms with Crippen molar-refractivity contribution in [1.29, 1.82) is 0 Å². The normalized spacial score (nSPS) is 10.1. The van der Waals surface area contributed by atoms with Gasteiger partial charge in [0.1, 0.15) is 0 Å². The van der Waals surface area contributed by atoms with E-state index in [1.807, 2.05) is 36.4 Å². The lowest BCUT2D eigenvalue weighted by Gasteiger charge is -2.07. The van der Waals surface area contributed by atoms with Crippen LogP contribution in [0.15, 0.2) is 36.4 Å². The summed E-state index contributed by atoms with van der Waals surface area (Å²) in [6.45, 7) is 2.06. The Hall–Kier alpha value is -1.94. The standard InChI is InChI=1S/C12H14N4/c1-2-9-8-11(15-16-12(9)14-13)10-6-4-3-5-7-10/h3-8H,2,13H2,1H3,(H,14,16). The lowest BCUT2D eigenvalue weighted by atomic mass is 10.1. The SMILES string of the molecule is CCc1cc(-c2ccccc2)nnc1NN. The third kappa shape index (κ3) is 2.01. The minimum absolute atomic E-state index is 0.641. The molecule has 4 heteroatoms. The predicted octanol–water partition coefficient (Wildman–Crippen LogP) is 1.99. The number of aromatic nitrogens is 2. The van der Waals surface area contributed by atoms with E-state index in [9.17, 15) is 0 Å². The fourth-order valence-electron chi connectivity index (χ4n) is 1.57. The molecule has 0 atom stereocenters. The number of hydrogen-bond donors (Lipinski definition) is 2. The van der Waals surface area contributed by atoms with Gasteiger partial charge in [-0.2, -0.15) is 0 Å². The molecule has 0 radical (unpaired) electrons. The van der Waals surface area contributed by atoms with Crippen LogP contribution < -0.4 is 11.3 Å². The van der Waals surface area contributed by atoms with Crippen molar-refractivity contribution in [3.05, 3.63) is 42.0 Å². The molecule has 2 aromatic rings. The van der Waals surface area contributed by atoms with Crippen LogP contribution in [0, 0.1) is 0 Å². The largest absolute Gasteiger partial charge is 0.307 e. The van der Waals surface area contributed by atoms with E-state index >= 15 is 0 Å². The van der Waals surface area contributed by atoms with Crippen LogP contribution in [0.25, 0.3) is 11.3 Å². The number of nitrogens with zero attached hydrogens (tertiary/aromatic N) is 2. The average Bonchev–Trinajstić information content (AvgIpc) is 2.39. The highest BCUT2D eigenvalue weighted by Crippen LogP contribution is 2.20. The maximum absolute atomic E-state index is 5.36. The Labute approximate surface area is 94.5 Å². The summed E-state index contributed by atoms with van der Waals surface area (Å²) in [5.74, 6) is 6.00. The van der Waals surface area contributed by atoms with Crippen molar-refractivity contribution in [2.45, 2.75) is 13.3 Å². The molecule has 0 aliphatic rings. The first kappa shape index (κ1) is 10.6. The van der Waals surface area contributed by atoms with E-state index in [1.54, 1.807) is 0 Å². The molecule has 0 bridgehead atoms. The topological polar surface area (TPSA) is 63.8 Å². The first-order chi connectivity index (χ1) is 7.85. The fourth-order valence-corrected chi connectivity index (χ4v) is 1.57. The second-order valence-corrected chi connectivity index (χ2v) is 3.47. The van der Waals surface area contributed by atoms with Gasteiger partial charge in [0.25, 0.3) is 0 Å². The number of aryl methyl sites for hydroxylation is 1. The first-order valence-electron chi connectivity index (χ1n) is 5.23. The van der Waals surface area contributed by atoms with Crippen LogP contribution in [0.1, 0.15) is 12.5 Å². The molecule has 16 heavy (non-hydrogen) atoms. The van der Waals surface area contributed by atoms with Crippen molar-refractivity contribution in [3.8, 4) is 11.3 Å². The van der Waals surface area contributed by atoms with E-state index in [0.717, 1.165) is 23.2 Å².